The molecule has 0 aliphatic heterocycles. The molecule has 0 unspecified atom stereocenters. The summed E-state index contributed by atoms with van der Waals surface area (Å²) in [5.74, 6) is 0.969. The third-order valence-corrected chi connectivity index (χ3v) is 2.91. The van der Waals surface area contributed by atoms with Crippen molar-refractivity contribution in [2.24, 2.45) is 0 Å². The number of hydrogen-bond acceptors (Lipinski definition) is 4. The quantitative estimate of drug-likeness (QED) is 0.804. The molecule has 1 aromatic rings. The highest BCUT2D eigenvalue weighted by Gasteiger charge is 2.30. The van der Waals surface area contributed by atoms with E-state index in [0.29, 0.717) is 19.1 Å². The van der Waals surface area contributed by atoms with Crippen LogP contribution < -0.4 is 5.32 Å². The molecule has 1 heterocycles. The Bertz CT molecular complexity index is 385. The molecule has 5 nitrogen and oxygen atoms in total. The maximum absolute atomic E-state index is 11.9. The Morgan fingerprint density at radius 2 is 2.41 bits per heavy atom. The van der Waals surface area contributed by atoms with E-state index in [1.165, 1.54) is 0 Å². The Labute approximate surface area is 101 Å². The van der Waals surface area contributed by atoms with E-state index in [9.17, 15) is 4.79 Å². The Balaban J connectivity index is 1.72. The molecule has 0 aromatic carbocycles. The number of likely N-dealkylation sites (N-methyl/N-ethyl adjacent to an activating group) is 1. The van der Waals surface area contributed by atoms with Crippen LogP contribution in [0.1, 0.15) is 31.2 Å². The second kappa shape index (κ2) is 5.31. The van der Waals surface area contributed by atoms with Crippen molar-refractivity contribution in [3.05, 3.63) is 17.5 Å². The molecule has 1 N–H and O–H groups in total. The second-order valence-corrected chi connectivity index (χ2v) is 4.44. The average Bonchev–Trinajstić information content (AvgIpc) is 3.04. The van der Waals surface area contributed by atoms with Gasteiger partial charge in [0.05, 0.1) is 12.2 Å². The van der Waals surface area contributed by atoms with Gasteiger partial charge in [-0.25, -0.2) is 0 Å². The van der Waals surface area contributed by atoms with E-state index in [4.69, 9.17) is 4.52 Å². The topological polar surface area (TPSA) is 58.4 Å². The molecule has 1 fully saturated rings. The summed E-state index contributed by atoms with van der Waals surface area (Å²) in [6, 6.07) is 2.36. The Morgan fingerprint density at radius 1 is 1.65 bits per heavy atom. The van der Waals surface area contributed by atoms with E-state index < -0.39 is 0 Å². The van der Waals surface area contributed by atoms with Crippen molar-refractivity contribution in [1.29, 1.82) is 0 Å². The fourth-order valence-electron chi connectivity index (χ4n) is 1.92. The lowest BCUT2D eigenvalue weighted by Crippen LogP contribution is -2.39. The molecule has 17 heavy (non-hydrogen) atoms. The number of aryl methyl sites for hydroxylation is 1. The van der Waals surface area contributed by atoms with Gasteiger partial charge in [0.1, 0.15) is 5.76 Å². The number of nitrogens with zero attached hydrogens (tertiary/aromatic N) is 2. The van der Waals surface area contributed by atoms with E-state index in [-0.39, 0.29) is 5.91 Å². The van der Waals surface area contributed by atoms with E-state index in [0.717, 1.165) is 30.8 Å². The molecule has 0 bridgehead atoms. The number of aromatic nitrogens is 1. The highest BCUT2D eigenvalue weighted by atomic mass is 16.5. The van der Waals surface area contributed by atoms with Crippen molar-refractivity contribution >= 4 is 5.91 Å². The lowest BCUT2D eigenvalue weighted by Gasteiger charge is -2.20. The Kier molecular flexibility index (Phi) is 3.78. The molecule has 1 aromatic heterocycles. The number of carbonyl (C=O) groups is 1. The minimum atomic E-state index is 0.176. The predicted molar refractivity (Wildman–Crippen MR) is 63.4 cm³/mol. The Morgan fingerprint density at radius 3 is 2.94 bits per heavy atom. The molecule has 1 aliphatic carbocycles. The summed E-state index contributed by atoms with van der Waals surface area (Å²) in [4.78, 5) is 13.8. The van der Waals surface area contributed by atoms with Crippen molar-refractivity contribution in [2.75, 3.05) is 13.1 Å². The molecular weight excluding hydrogens is 218 g/mol. The number of rotatable bonds is 6. The van der Waals surface area contributed by atoms with Crippen molar-refractivity contribution in [1.82, 2.24) is 15.4 Å². The zero-order valence-electron chi connectivity index (χ0n) is 10.4. The van der Waals surface area contributed by atoms with E-state index in [1.807, 2.05) is 24.8 Å². The van der Waals surface area contributed by atoms with Crippen LogP contribution in [0.25, 0.3) is 0 Å². The molecule has 0 atom stereocenters. The summed E-state index contributed by atoms with van der Waals surface area (Å²) in [5.41, 5.74) is 0.838. The Hall–Kier alpha value is -1.36. The first-order valence-electron chi connectivity index (χ1n) is 6.13. The molecule has 1 saturated carbocycles. The van der Waals surface area contributed by atoms with Crippen LogP contribution in [0.3, 0.4) is 0 Å². The molecule has 94 valence electrons. The van der Waals surface area contributed by atoms with Crippen LogP contribution in [0.4, 0.5) is 0 Å². The molecule has 0 radical (unpaired) electrons. The zero-order chi connectivity index (χ0) is 12.3. The van der Waals surface area contributed by atoms with E-state index in [1.54, 1.807) is 0 Å². The standard InChI is InChI=1S/C12H19N3O2/c1-3-15(11-4-5-11)12(16)8-13-7-10-6-9(2)17-14-10/h6,11,13H,3-5,7-8H2,1-2H3. The molecule has 2 rings (SSSR count). The normalized spacial score (nSPS) is 14.9. The summed E-state index contributed by atoms with van der Waals surface area (Å²) in [7, 11) is 0. The van der Waals surface area contributed by atoms with Crippen LogP contribution in [-0.2, 0) is 11.3 Å². The largest absolute Gasteiger partial charge is 0.361 e. The summed E-state index contributed by atoms with van der Waals surface area (Å²) < 4.78 is 4.95. The maximum atomic E-state index is 11.9. The first-order chi connectivity index (χ1) is 8.20. The van der Waals surface area contributed by atoms with Crippen molar-refractivity contribution < 1.29 is 9.32 Å². The van der Waals surface area contributed by atoms with Crippen LogP contribution in [-0.4, -0.2) is 35.1 Å². The van der Waals surface area contributed by atoms with Crippen molar-refractivity contribution in [3.8, 4) is 0 Å². The van der Waals surface area contributed by atoms with Gasteiger partial charge in [-0.3, -0.25) is 4.79 Å². The smallest absolute Gasteiger partial charge is 0.236 e. The number of nitrogens with one attached hydrogen (secondary N) is 1. The summed E-state index contributed by atoms with van der Waals surface area (Å²) in [5, 5.41) is 6.96. The lowest BCUT2D eigenvalue weighted by atomic mass is 10.3. The fourth-order valence-corrected chi connectivity index (χ4v) is 1.92. The molecular formula is C12H19N3O2. The van der Waals surface area contributed by atoms with Gasteiger partial charge < -0.3 is 14.7 Å². The van der Waals surface area contributed by atoms with Gasteiger partial charge in [0, 0.05) is 25.2 Å². The summed E-state index contributed by atoms with van der Waals surface area (Å²) in [6.07, 6.45) is 2.31. The van der Waals surface area contributed by atoms with Crippen LogP contribution in [0.2, 0.25) is 0 Å². The zero-order valence-corrected chi connectivity index (χ0v) is 10.4. The summed E-state index contributed by atoms with van der Waals surface area (Å²) in [6.45, 7) is 5.63. The third-order valence-electron chi connectivity index (χ3n) is 2.91. The summed E-state index contributed by atoms with van der Waals surface area (Å²) >= 11 is 0. The van der Waals surface area contributed by atoms with Gasteiger partial charge in [0.2, 0.25) is 5.91 Å². The third kappa shape index (κ3) is 3.30. The van der Waals surface area contributed by atoms with Crippen LogP contribution in [0.5, 0.6) is 0 Å². The van der Waals surface area contributed by atoms with Crippen LogP contribution >= 0.6 is 0 Å². The average molecular weight is 237 g/mol. The minimum Gasteiger partial charge on any atom is -0.361 e. The molecule has 1 amide bonds. The first-order valence-corrected chi connectivity index (χ1v) is 6.13. The van der Waals surface area contributed by atoms with Gasteiger partial charge in [-0.2, -0.15) is 0 Å². The number of amides is 1. The van der Waals surface area contributed by atoms with Crippen molar-refractivity contribution in [3.63, 3.8) is 0 Å². The van der Waals surface area contributed by atoms with Gasteiger partial charge in [0.25, 0.3) is 0 Å². The van der Waals surface area contributed by atoms with Gasteiger partial charge in [-0.1, -0.05) is 5.16 Å². The molecule has 0 saturated heterocycles. The second-order valence-electron chi connectivity index (χ2n) is 4.44. The van der Waals surface area contributed by atoms with Crippen LogP contribution in [0, 0.1) is 6.92 Å². The van der Waals surface area contributed by atoms with Gasteiger partial charge in [-0.05, 0) is 26.7 Å². The highest BCUT2D eigenvalue weighted by Crippen LogP contribution is 2.26. The lowest BCUT2D eigenvalue weighted by molar-refractivity contribution is -0.130. The highest BCUT2D eigenvalue weighted by molar-refractivity contribution is 5.78. The molecule has 5 heteroatoms. The monoisotopic (exact) mass is 237 g/mol. The van der Waals surface area contributed by atoms with Crippen LogP contribution in [0.15, 0.2) is 10.6 Å². The van der Waals surface area contributed by atoms with E-state index in [2.05, 4.69) is 10.5 Å². The van der Waals surface area contributed by atoms with Crippen molar-refractivity contribution in [2.45, 2.75) is 39.3 Å². The number of hydrogen-bond donors (Lipinski definition) is 1. The fraction of sp³-hybridized carbons (Fsp3) is 0.667. The van der Waals surface area contributed by atoms with Gasteiger partial charge in [-0.15, -0.1) is 0 Å². The first kappa shape index (κ1) is 12.1. The van der Waals surface area contributed by atoms with Gasteiger partial charge >= 0.3 is 0 Å². The van der Waals surface area contributed by atoms with E-state index >= 15 is 0 Å². The number of carbonyl (C=O) groups excluding carboxylic acids is 1. The maximum Gasteiger partial charge on any atom is 0.236 e. The molecule has 0 spiro atoms. The predicted octanol–water partition coefficient (Wildman–Crippen LogP) is 1.08. The molecule has 1 aliphatic rings. The SMILES string of the molecule is CCN(C(=O)CNCc1cc(C)on1)C1CC1. The minimum absolute atomic E-state index is 0.176. The van der Waals surface area contributed by atoms with Gasteiger partial charge in [0.15, 0.2) is 0 Å².